The number of hydrogen-bond acceptors (Lipinski definition) is 4. The summed E-state index contributed by atoms with van der Waals surface area (Å²) < 4.78 is 1.64. The number of aromatic nitrogens is 2. The number of carboxylic acid groups (broad SMARTS) is 1. The summed E-state index contributed by atoms with van der Waals surface area (Å²) in [6.45, 7) is 0.505. The molecule has 0 spiro atoms. The third-order valence-electron chi connectivity index (χ3n) is 2.50. The molecule has 0 bridgehead atoms. The second kappa shape index (κ2) is 6.74. The van der Waals surface area contributed by atoms with Crippen molar-refractivity contribution in [3.05, 3.63) is 18.0 Å². The average molecular weight is 270 g/mol. The molecular weight excluding hydrogens is 252 g/mol. The van der Waals surface area contributed by atoms with E-state index in [2.05, 4.69) is 10.4 Å². The predicted molar refractivity (Wildman–Crippen MR) is 66.3 cm³/mol. The van der Waals surface area contributed by atoms with E-state index < -0.39 is 12.1 Å². The summed E-state index contributed by atoms with van der Waals surface area (Å²) in [6, 6.07) is -0.332. The fraction of sp³-hybridized carbons (Fsp3) is 0.545. The molecular formula is C11H18N4O4. The summed E-state index contributed by atoms with van der Waals surface area (Å²) in [7, 11) is 3.41. The summed E-state index contributed by atoms with van der Waals surface area (Å²) in [5.41, 5.74) is 0.894. The largest absolute Gasteiger partial charge is 0.479 e. The minimum atomic E-state index is -1.45. The first-order valence-electron chi connectivity index (χ1n) is 5.77. The third-order valence-corrected chi connectivity index (χ3v) is 2.50. The van der Waals surface area contributed by atoms with E-state index in [0.29, 0.717) is 6.54 Å². The van der Waals surface area contributed by atoms with Gasteiger partial charge in [0.2, 0.25) is 0 Å². The molecule has 1 rings (SSSR count). The van der Waals surface area contributed by atoms with E-state index in [1.807, 2.05) is 0 Å². The molecule has 0 saturated carbocycles. The van der Waals surface area contributed by atoms with Crippen molar-refractivity contribution in [3.63, 3.8) is 0 Å². The Labute approximate surface area is 110 Å². The average Bonchev–Trinajstić information content (AvgIpc) is 2.74. The number of nitrogens with zero attached hydrogens (tertiary/aromatic N) is 3. The lowest BCUT2D eigenvalue weighted by atomic mass is 10.2. The molecule has 0 aromatic carbocycles. The Kier molecular flexibility index (Phi) is 5.31. The molecule has 0 aliphatic rings. The molecule has 0 radical (unpaired) electrons. The Morgan fingerprint density at radius 3 is 2.79 bits per heavy atom. The van der Waals surface area contributed by atoms with Gasteiger partial charge in [-0.05, 0) is 0 Å². The lowest BCUT2D eigenvalue weighted by molar-refractivity contribution is -0.146. The van der Waals surface area contributed by atoms with Crippen molar-refractivity contribution in [2.45, 2.75) is 19.1 Å². The van der Waals surface area contributed by atoms with Crippen molar-refractivity contribution in [2.75, 3.05) is 13.6 Å². The van der Waals surface area contributed by atoms with Crippen molar-refractivity contribution >= 4 is 12.0 Å². The summed E-state index contributed by atoms with van der Waals surface area (Å²) in [5.74, 6) is -1.29. The van der Waals surface area contributed by atoms with Crippen LogP contribution >= 0.6 is 0 Å². The first-order chi connectivity index (χ1) is 8.90. The van der Waals surface area contributed by atoms with Gasteiger partial charge in [0, 0.05) is 38.8 Å². The number of aliphatic carboxylic acids is 1. The number of carboxylic acids is 1. The summed E-state index contributed by atoms with van der Waals surface area (Å²) >= 11 is 0. The van der Waals surface area contributed by atoms with Gasteiger partial charge in [-0.1, -0.05) is 0 Å². The van der Waals surface area contributed by atoms with Gasteiger partial charge in [-0.2, -0.15) is 5.10 Å². The molecule has 2 amide bonds. The van der Waals surface area contributed by atoms with Crippen molar-refractivity contribution in [2.24, 2.45) is 7.05 Å². The molecule has 3 N–H and O–H groups in total. The highest BCUT2D eigenvalue weighted by Gasteiger charge is 2.14. The number of aliphatic hydroxyl groups is 1. The number of aryl methyl sites for hydroxylation is 1. The van der Waals surface area contributed by atoms with Crippen molar-refractivity contribution < 1.29 is 19.8 Å². The number of carbonyl (C=O) groups is 2. The molecule has 0 saturated heterocycles. The lowest BCUT2D eigenvalue weighted by Gasteiger charge is -2.17. The quantitative estimate of drug-likeness (QED) is 0.639. The minimum absolute atomic E-state index is 0.0260. The molecule has 8 heteroatoms. The van der Waals surface area contributed by atoms with E-state index in [1.54, 1.807) is 31.2 Å². The number of rotatable bonds is 6. The maximum absolute atomic E-state index is 11.7. The molecule has 19 heavy (non-hydrogen) atoms. The summed E-state index contributed by atoms with van der Waals surface area (Å²) in [5, 5.41) is 24.0. The van der Waals surface area contributed by atoms with Gasteiger partial charge in [-0.25, -0.2) is 9.59 Å². The first-order valence-corrected chi connectivity index (χ1v) is 5.77. The molecule has 106 valence electrons. The van der Waals surface area contributed by atoms with E-state index in [0.717, 1.165) is 5.56 Å². The zero-order valence-electron chi connectivity index (χ0n) is 10.9. The Hall–Kier alpha value is -2.09. The number of nitrogens with one attached hydrogen (secondary N) is 1. The topological polar surface area (TPSA) is 108 Å². The van der Waals surface area contributed by atoms with Crippen LogP contribution in [0.1, 0.15) is 12.0 Å². The number of hydrogen-bond donors (Lipinski definition) is 3. The fourth-order valence-corrected chi connectivity index (χ4v) is 1.47. The smallest absolute Gasteiger partial charge is 0.332 e. The van der Waals surface area contributed by atoms with Crippen LogP contribution in [0.2, 0.25) is 0 Å². The Morgan fingerprint density at radius 1 is 1.58 bits per heavy atom. The van der Waals surface area contributed by atoms with Gasteiger partial charge in [0.1, 0.15) is 0 Å². The Morgan fingerprint density at radius 2 is 2.26 bits per heavy atom. The molecule has 0 fully saturated rings. The van der Waals surface area contributed by atoms with Crippen LogP contribution in [0.3, 0.4) is 0 Å². The van der Waals surface area contributed by atoms with Crippen LogP contribution in [0.4, 0.5) is 4.79 Å². The Bertz CT molecular complexity index is 446. The molecule has 1 atom stereocenters. The first kappa shape index (κ1) is 15.0. The van der Waals surface area contributed by atoms with E-state index >= 15 is 0 Å². The van der Waals surface area contributed by atoms with Gasteiger partial charge in [-0.15, -0.1) is 0 Å². The summed E-state index contributed by atoms with van der Waals surface area (Å²) in [4.78, 5) is 23.5. The fourth-order valence-electron chi connectivity index (χ4n) is 1.47. The minimum Gasteiger partial charge on any atom is -0.479 e. The molecule has 0 aliphatic carbocycles. The van der Waals surface area contributed by atoms with Crippen LogP contribution in [-0.4, -0.2) is 56.6 Å². The SMILES string of the molecule is CN(Cc1cnn(C)c1)C(=O)NCC[C@H](O)C(=O)O. The van der Waals surface area contributed by atoms with E-state index in [1.165, 1.54) is 4.90 Å². The van der Waals surface area contributed by atoms with Crippen LogP contribution in [0, 0.1) is 0 Å². The third kappa shape index (κ3) is 4.96. The van der Waals surface area contributed by atoms with E-state index in [4.69, 9.17) is 10.2 Å². The van der Waals surface area contributed by atoms with Crippen LogP contribution in [0.25, 0.3) is 0 Å². The zero-order valence-corrected chi connectivity index (χ0v) is 10.9. The van der Waals surface area contributed by atoms with Gasteiger partial charge in [0.05, 0.1) is 12.7 Å². The van der Waals surface area contributed by atoms with Crippen molar-refractivity contribution in [1.82, 2.24) is 20.0 Å². The van der Waals surface area contributed by atoms with Crippen LogP contribution in [0.5, 0.6) is 0 Å². The molecule has 0 unspecified atom stereocenters. The predicted octanol–water partition coefficient (Wildman–Crippen LogP) is -0.603. The lowest BCUT2D eigenvalue weighted by Crippen LogP contribution is -2.38. The van der Waals surface area contributed by atoms with Gasteiger partial charge < -0.3 is 20.4 Å². The maximum Gasteiger partial charge on any atom is 0.332 e. The highest BCUT2D eigenvalue weighted by atomic mass is 16.4. The van der Waals surface area contributed by atoms with Crippen LogP contribution < -0.4 is 5.32 Å². The van der Waals surface area contributed by atoms with Crippen LogP contribution in [-0.2, 0) is 18.4 Å². The highest BCUT2D eigenvalue weighted by Crippen LogP contribution is 2.01. The standard InChI is InChI=1S/C11H18N4O4/c1-14(6-8-5-13-15(2)7-8)11(19)12-4-3-9(16)10(17)18/h5,7,9,16H,3-4,6H2,1-2H3,(H,12,19)(H,17,18)/t9-/m0/s1. The van der Waals surface area contributed by atoms with Crippen molar-refractivity contribution in [1.29, 1.82) is 0 Å². The van der Waals surface area contributed by atoms with Crippen molar-refractivity contribution in [3.8, 4) is 0 Å². The highest BCUT2D eigenvalue weighted by molar-refractivity contribution is 5.74. The number of urea groups is 1. The molecule has 8 nitrogen and oxygen atoms in total. The molecule has 0 aliphatic heterocycles. The Balaban J connectivity index is 2.31. The molecule has 1 aromatic rings. The van der Waals surface area contributed by atoms with Gasteiger partial charge >= 0.3 is 12.0 Å². The normalized spacial score (nSPS) is 11.9. The second-order valence-corrected chi connectivity index (χ2v) is 4.25. The monoisotopic (exact) mass is 270 g/mol. The van der Waals surface area contributed by atoms with Crippen LogP contribution in [0.15, 0.2) is 12.4 Å². The molecule has 1 aromatic heterocycles. The maximum atomic E-state index is 11.7. The number of aliphatic hydroxyl groups excluding tert-OH is 1. The van der Waals surface area contributed by atoms with E-state index in [-0.39, 0.29) is 19.0 Å². The summed E-state index contributed by atoms with van der Waals surface area (Å²) in [6.07, 6.45) is 1.99. The van der Waals surface area contributed by atoms with E-state index in [9.17, 15) is 9.59 Å². The van der Waals surface area contributed by atoms with Gasteiger partial charge in [-0.3, -0.25) is 4.68 Å². The van der Waals surface area contributed by atoms with Gasteiger partial charge in [0.15, 0.2) is 6.10 Å². The molecule has 1 heterocycles. The number of carbonyl (C=O) groups excluding carboxylic acids is 1. The zero-order chi connectivity index (χ0) is 14.4. The second-order valence-electron chi connectivity index (χ2n) is 4.25. The van der Waals surface area contributed by atoms with Gasteiger partial charge in [0.25, 0.3) is 0 Å². The number of amides is 2.